The summed E-state index contributed by atoms with van der Waals surface area (Å²) in [5, 5.41) is 6.38. The summed E-state index contributed by atoms with van der Waals surface area (Å²) in [5.74, 6) is -0.383. The maximum absolute atomic E-state index is 13.6. The largest absolute Gasteiger partial charge is 0.360 e. The van der Waals surface area contributed by atoms with Gasteiger partial charge in [-0.05, 0) is 38.5 Å². The molecule has 2 heterocycles. The Morgan fingerprint density at radius 3 is 2.46 bits per heavy atom. The second kappa shape index (κ2) is 7.98. The number of aromatic nitrogens is 1. The Morgan fingerprint density at radius 1 is 1.21 bits per heavy atom. The van der Waals surface area contributed by atoms with Crippen molar-refractivity contribution in [2.24, 2.45) is 0 Å². The van der Waals surface area contributed by atoms with Crippen LogP contribution in [0, 0.1) is 26.6 Å². The molecule has 0 spiro atoms. The van der Waals surface area contributed by atoms with E-state index in [4.69, 9.17) is 4.52 Å². The van der Waals surface area contributed by atoms with Crippen LogP contribution < -0.4 is 5.32 Å². The molecule has 8 nitrogen and oxygen atoms in total. The first-order valence-electron chi connectivity index (χ1n) is 8.90. The van der Waals surface area contributed by atoms with E-state index in [-0.39, 0.29) is 42.0 Å². The Hall–Kier alpha value is -2.30. The third-order valence-corrected chi connectivity index (χ3v) is 6.86. The van der Waals surface area contributed by atoms with Crippen LogP contribution in [0.15, 0.2) is 27.6 Å². The smallest absolute Gasteiger partial charge is 0.248 e. The summed E-state index contributed by atoms with van der Waals surface area (Å²) in [6, 6.07) is 4.52. The standard InChI is InChI=1S/C18H23FN4O4S/c1-12-4-5-15(10-16(12)19)20-17(24)11-22-6-8-23(9-7-22)28(25,26)18-13(2)21-27-14(18)3/h4-5,10H,6-9,11H2,1-3H3,(H,20,24). The van der Waals surface area contributed by atoms with E-state index < -0.39 is 10.0 Å². The number of amides is 1. The average Bonchev–Trinajstić information content (AvgIpc) is 2.98. The second-order valence-corrected chi connectivity index (χ2v) is 8.72. The number of piperazine rings is 1. The topological polar surface area (TPSA) is 95.8 Å². The molecule has 0 atom stereocenters. The van der Waals surface area contributed by atoms with Crippen LogP contribution in [0.2, 0.25) is 0 Å². The van der Waals surface area contributed by atoms with E-state index in [1.54, 1.807) is 32.9 Å². The summed E-state index contributed by atoms with van der Waals surface area (Å²) in [6.45, 7) is 6.28. The monoisotopic (exact) mass is 410 g/mol. The lowest BCUT2D eigenvalue weighted by Gasteiger charge is -2.33. The molecule has 0 radical (unpaired) electrons. The highest BCUT2D eigenvalue weighted by Crippen LogP contribution is 2.24. The maximum Gasteiger partial charge on any atom is 0.248 e. The molecule has 1 fully saturated rings. The van der Waals surface area contributed by atoms with Crippen molar-refractivity contribution in [1.82, 2.24) is 14.4 Å². The van der Waals surface area contributed by atoms with E-state index in [0.717, 1.165) is 0 Å². The fourth-order valence-corrected chi connectivity index (χ4v) is 4.89. The van der Waals surface area contributed by atoms with Crippen molar-refractivity contribution in [2.45, 2.75) is 25.7 Å². The van der Waals surface area contributed by atoms with Crippen LogP contribution in [0.5, 0.6) is 0 Å². The van der Waals surface area contributed by atoms with E-state index in [2.05, 4.69) is 10.5 Å². The van der Waals surface area contributed by atoms with E-state index in [1.807, 2.05) is 4.90 Å². The van der Waals surface area contributed by atoms with Crippen LogP contribution in [0.3, 0.4) is 0 Å². The molecule has 1 N–H and O–H groups in total. The fraction of sp³-hybridized carbons (Fsp3) is 0.444. The molecule has 152 valence electrons. The zero-order valence-electron chi connectivity index (χ0n) is 16.0. The molecule has 1 aliphatic heterocycles. The summed E-state index contributed by atoms with van der Waals surface area (Å²) in [4.78, 5) is 14.2. The molecule has 28 heavy (non-hydrogen) atoms. The van der Waals surface area contributed by atoms with Gasteiger partial charge in [-0.1, -0.05) is 11.2 Å². The predicted molar refractivity (Wildman–Crippen MR) is 101 cm³/mol. The first-order valence-corrected chi connectivity index (χ1v) is 10.3. The maximum atomic E-state index is 13.6. The summed E-state index contributed by atoms with van der Waals surface area (Å²) >= 11 is 0. The molecule has 0 saturated carbocycles. The van der Waals surface area contributed by atoms with Gasteiger partial charge in [0.2, 0.25) is 15.9 Å². The summed E-state index contributed by atoms with van der Waals surface area (Å²) in [6.07, 6.45) is 0. The van der Waals surface area contributed by atoms with Gasteiger partial charge in [0, 0.05) is 31.9 Å². The lowest BCUT2D eigenvalue weighted by Crippen LogP contribution is -2.50. The van der Waals surface area contributed by atoms with E-state index in [9.17, 15) is 17.6 Å². The zero-order valence-corrected chi connectivity index (χ0v) is 16.8. The van der Waals surface area contributed by atoms with Gasteiger partial charge in [-0.25, -0.2) is 12.8 Å². The van der Waals surface area contributed by atoms with Gasteiger partial charge in [0.15, 0.2) is 5.76 Å². The molecule has 1 aromatic carbocycles. The Balaban J connectivity index is 1.56. The van der Waals surface area contributed by atoms with Crippen LogP contribution in [-0.2, 0) is 14.8 Å². The number of hydrogen-bond donors (Lipinski definition) is 1. The molecular formula is C18H23FN4O4S. The van der Waals surface area contributed by atoms with Crippen LogP contribution in [0.25, 0.3) is 0 Å². The molecule has 1 aromatic heterocycles. The molecule has 3 rings (SSSR count). The van der Waals surface area contributed by atoms with E-state index in [1.165, 1.54) is 10.4 Å². The minimum Gasteiger partial charge on any atom is -0.360 e. The van der Waals surface area contributed by atoms with Gasteiger partial charge in [-0.3, -0.25) is 9.69 Å². The second-order valence-electron chi connectivity index (χ2n) is 6.85. The Bertz CT molecular complexity index is 962. The number of sulfonamides is 1. The molecule has 0 aliphatic carbocycles. The normalized spacial score (nSPS) is 16.3. The van der Waals surface area contributed by atoms with Crippen molar-refractivity contribution < 1.29 is 22.1 Å². The minimum atomic E-state index is -3.68. The number of nitrogens with zero attached hydrogens (tertiary/aromatic N) is 3. The summed E-state index contributed by atoms with van der Waals surface area (Å²) in [7, 11) is -3.68. The third kappa shape index (κ3) is 4.23. The number of benzene rings is 1. The van der Waals surface area contributed by atoms with Gasteiger partial charge in [0.25, 0.3) is 0 Å². The number of rotatable bonds is 5. The lowest BCUT2D eigenvalue weighted by atomic mass is 10.2. The Morgan fingerprint density at radius 2 is 1.89 bits per heavy atom. The van der Waals surface area contributed by atoms with Crippen LogP contribution in [0.1, 0.15) is 17.0 Å². The molecule has 0 bridgehead atoms. The third-order valence-electron chi connectivity index (χ3n) is 4.72. The van der Waals surface area contributed by atoms with Gasteiger partial charge in [-0.15, -0.1) is 0 Å². The number of halogens is 1. The number of carbonyl (C=O) groups excluding carboxylic acids is 1. The average molecular weight is 410 g/mol. The van der Waals surface area contributed by atoms with Gasteiger partial charge in [0.1, 0.15) is 16.4 Å². The highest BCUT2D eigenvalue weighted by molar-refractivity contribution is 7.89. The van der Waals surface area contributed by atoms with Gasteiger partial charge >= 0.3 is 0 Å². The summed E-state index contributed by atoms with van der Waals surface area (Å²) < 4.78 is 45.6. The number of carbonyl (C=O) groups is 1. The van der Waals surface area contributed by atoms with Gasteiger partial charge in [0.05, 0.1) is 6.54 Å². The molecule has 1 amide bonds. The van der Waals surface area contributed by atoms with Crippen LogP contribution in [0.4, 0.5) is 10.1 Å². The zero-order chi connectivity index (χ0) is 20.5. The predicted octanol–water partition coefficient (Wildman–Crippen LogP) is 1.68. The Kier molecular flexibility index (Phi) is 5.82. The molecular weight excluding hydrogens is 387 g/mol. The Labute approximate surface area is 163 Å². The number of aryl methyl sites for hydroxylation is 3. The van der Waals surface area contributed by atoms with Crippen molar-refractivity contribution in [3.8, 4) is 0 Å². The lowest BCUT2D eigenvalue weighted by molar-refractivity contribution is -0.117. The number of hydrogen-bond acceptors (Lipinski definition) is 6. The van der Waals surface area contributed by atoms with Crippen molar-refractivity contribution in [1.29, 1.82) is 0 Å². The van der Waals surface area contributed by atoms with Crippen molar-refractivity contribution in [3.63, 3.8) is 0 Å². The van der Waals surface area contributed by atoms with Gasteiger partial charge < -0.3 is 9.84 Å². The molecule has 10 heteroatoms. The summed E-state index contributed by atoms with van der Waals surface area (Å²) in [5.41, 5.74) is 1.24. The highest BCUT2D eigenvalue weighted by atomic mass is 32.2. The van der Waals surface area contributed by atoms with Gasteiger partial charge in [-0.2, -0.15) is 4.31 Å². The number of nitrogens with one attached hydrogen (secondary N) is 1. The highest BCUT2D eigenvalue weighted by Gasteiger charge is 2.33. The minimum absolute atomic E-state index is 0.106. The molecule has 1 saturated heterocycles. The van der Waals surface area contributed by atoms with Crippen LogP contribution >= 0.6 is 0 Å². The molecule has 0 unspecified atom stereocenters. The first kappa shape index (κ1) is 20.4. The fourth-order valence-electron chi connectivity index (χ4n) is 3.17. The van der Waals surface area contributed by atoms with Crippen molar-refractivity contribution in [3.05, 3.63) is 41.0 Å². The van der Waals surface area contributed by atoms with Crippen molar-refractivity contribution in [2.75, 3.05) is 38.0 Å². The van der Waals surface area contributed by atoms with E-state index in [0.29, 0.717) is 30.0 Å². The molecule has 1 aliphatic rings. The molecule has 2 aromatic rings. The first-order chi connectivity index (χ1) is 13.2. The van der Waals surface area contributed by atoms with Crippen molar-refractivity contribution >= 4 is 21.6 Å². The SMILES string of the molecule is Cc1ccc(NC(=O)CN2CCN(S(=O)(=O)c3c(C)noc3C)CC2)cc1F. The quantitative estimate of drug-likeness (QED) is 0.806. The van der Waals surface area contributed by atoms with E-state index >= 15 is 0 Å². The number of anilines is 1. The van der Waals surface area contributed by atoms with Crippen LogP contribution in [-0.4, -0.2) is 61.4 Å².